The van der Waals surface area contributed by atoms with E-state index in [1.807, 2.05) is 20.8 Å². The molecular formula is C15H21F3N2O. The predicted molar refractivity (Wildman–Crippen MR) is 77.4 cm³/mol. The number of carbonyl (C=O) groups excluding carboxylic acids is 1. The van der Waals surface area contributed by atoms with Crippen molar-refractivity contribution < 1.29 is 18.0 Å². The van der Waals surface area contributed by atoms with Crippen LogP contribution in [0.5, 0.6) is 0 Å². The molecule has 21 heavy (non-hydrogen) atoms. The number of anilines is 1. The van der Waals surface area contributed by atoms with E-state index in [0.717, 1.165) is 6.07 Å². The summed E-state index contributed by atoms with van der Waals surface area (Å²) in [6.45, 7) is 7.67. The number of rotatable bonds is 5. The van der Waals surface area contributed by atoms with E-state index in [1.54, 1.807) is 6.92 Å². The Morgan fingerprint density at radius 3 is 2.33 bits per heavy atom. The second kappa shape index (κ2) is 6.83. The lowest BCUT2D eigenvalue weighted by Crippen LogP contribution is -2.36. The van der Waals surface area contributed by atoms with E-state index in [4.69, 9.17) is 0 Å². The van der Waals surface area contributed by atoms with Crippen molar-refractivity contribution in [3.8, 4) is 0 Å². The Morgan fingerprint density at radius 1 is 1.24 bits per heavy atom. The van der Waals surface area contributed by atoms with Gasteiger partial charge in [-0.25, -0.2) is 0 Å². The molecule has 0 aliphatic carbocycles. The molecule has 0 saturated carbocycles. The van der Waals surface area contributed by atoms with Crippen molar-refractivity contribution in [1.29, 1.82) is 0 Å². The smallest absolute Gasteiger partial charge is 0.384 e. The topological polar surface area (TPSA) is 41.1 Å². The number of benzene rings is 1. The number of hydrogen-bond donors (Lipinski definition) is 2. The van der Waals surface area contributed by atoms with Crippen LogP contribution in [0.25, 0.3) is 0 Å². The molecule has 0 aliphatic heterocycles. The molecule has 0 aromatic heterocycles. The SMILES string of the molecule is CCNc1c(C(=O)NC(C)C(C)C)cccc1C(F)(F)F. The molecule has 0 radical (unpaired) electrons. The number of nitrogens with one attached hydrogen (secondary N) is 2. The van der Waals surface area contributed by atoms with Gasteiger partial charge in [-0.3, -0.25) is 4.79 Å². The van der Waals surface area contributed by atoms with Gasteiger partial charge in [-0.15, -0.1) is 0 Å². The molecule has 3 nitrogen and oxygen atoms in total. The molecule has 1 amide bonds. The zero-order valence-corrected chi connectivity index (χ0v) is 12.6. The Kier molecular flexibility index (Phi) is 5.63. The van der Waals surface area contributed by atoms with E-state index >= 15 is 0 Å². The number of carbonyl (C=O) groups is 1. The Hall–Kier alpha value is -1.72. The quantitative estimate of drug-likeness (QED) is 0.866. The van der Waals surface area contributed by atoms with Crippen LogP contribution in [-0.2, 0) is 6.18 Å². The van der Waals surface area contributed by atoms with Crippen LogP contribution in [0.3, 0.4) is 0 Å². The second-order valence-corrected chi connectivity index (χ2v) is 5.26. The van der Waals surface area contributed by atoms with Crippen LogP contribution in [0.15, 0.2) is 18.2 Å². The van der Waals surface area contributed by atoms with Gasteiger partial charge in [0.25, 0.3) is 5.91 Å². The summed E-state index contributed by atoms with van der Waals surface area (Å²) in [7, 11) is 0. The first-order chi connectivity index (χ1) is 9.68. The molecule has 1 unspecified atom stereocenters. The summed E-state index contributed by atoms with van der Waals surface area (Å²) in [6.07, 6.45) is -4.50. The first-order valence-electron chi connectivity index (χ1n) is 6.93. The summed E-state index contributed by atoms with van der Waals surface area (Å²) in [5.74, 6) is -0.305. The molecule has 0 aliphatic rings. The number of alkyl halides is 3. The highest BCUT2D eigenvalue weighted by atomic mass is 19.4. The maximum atomic E-state index is 13.0. The molecule has 118 valence electrons. The van der Waals surface area contributed by atoms with Gasteiger partial charge in [-0.1, -0.05) is 19.9 Å². The Bertz CT molecular complexity index is 498. The lowest BCUT2D eigenvalue weighted by molar-refractivity contribution is -0.137. The summed E-state index contributed by atoms with van der Waals surface area (Å²) in [5.41, 5.74) is -0.977. The van der Waals surface area contributed by atoms with E-state index in [1.165, 1.54) is 12.1 Å². The molecule has 0 fully saturated rings. The summed E-state index contributed by atoms with van der Waals surface area (Å²) in [4.78, 5) is 12.2. The lowest BCUT2D eigenvalue weighted by atomic mass is 10.0. The lowest BCUT2D eigenvalue weighted by Gasteiger charge is -2.21. The Balaban J connectivity index is 3.20. The molecule has 1 rings (SSSR count). The normalized spacial score (nSPS) is 13.1. The minimum absolute atomic E-state index is 0.0131. The number of halogens is 3. The average Bonchev–Trinajstić information content (AvgIpc) is 2.37. The summed E-state index contributed by atoms with van der Waals surface area (Å²) in [6, 6.07) is 3.50. The van der Waals surface area contributed by atoms with Gasteiger partial charge in [0.2, 0.25) is 0 Å². The second-order valence-electron chi connectivity index (χ2n) is 5.26. The third kappa shape index (κ3) is 4.37. The predicted octanol–water partition coefficient (Wildman–Crippen LogP) is 3.91. The zero-order valence-electron chi connectivity index (χ0n) is 12.6. The van der Waals surface area contributed by atoms with Gasteiger partial charge < -0.3 is 10.6 Å². The highest BCUT2D eigenvalue weighted by Crippen LogP contribution is 2.36. The average molecular weight is 302 g/mol. The van der Waals surface area contributed by atoms with Crippen LogP contribution in [0, 0.1) is 5.92 Å². The van der Waals surface area contributed by atoms with Crippen molar-refractivity contribution in [2.24, 2.45) is 5.92 Å². The van der Waals surface area contributed by atoms with E-state index < -0.39 is 17.6 Å². The fourth-order valence-electron chi connectivity index (χ4n) is 1.80. The summed E-state index contributed by atoms with van der Waals surface area (Å²) >= 11 is 0. The van der Waals surface area contributed by atoms with Crippen molar-refractivity contribution in [3.05, 3.63) is 29.3 Å². The Labute approximate surface area is 122 Å². The fraction of sp³-hybridized carbons (Fsp3) is 0.533. The van der Waals surface area contributed by atoms with Crippen LogP contribution in [-0.4, -0.2) is 18.5 Å². The van der Waals surface area contributed by atoms with Gasteiger partial charge in [-0.2, -0.15) is 13.2 Å². The van der Waals surface area contributed by atoms with Gasteiger partial charge >= 0.3 is 6.18 Å². The van der Waals surface area contributed by atoms with Gasteiger partial charge in [0.1, 0.15) is 0 Å². The van der Waals surface area contributed by atoms with Crippen molar-refractivity contribution >= 4 is 11.6 Å². The molecule has 6 heteroatoms. The largest absolute Gasteiger partial charge is 0.418 e. The van der Waals surface area contributed by atoms with Crippen LogP contribution < -0.4 is 10.6 Å². The number of hydrogen-bond acceptors (Lipinski definition) is 2. The third-order valence-electron chi connectivity index (χ3n) is 3.33. The maximum Gasteiger partial charge on any atom is 0.418 e. The van der Waals surface area contributed by atoms with Crippen LogP contribution in [0.4, 0.5) is 18.9 Å². The van der Waals surface area contributed by atoms with Crippen molar-refractivity contribution in [3.63, 3.8) is 0 Å². The standard InChI is InChI=1S/C15H21F3N2O/c1-5-19-13-11(14(21)20-10(4)9(2)3)7-6-8-12(13)15(16,17)18/h6-10,19H,5H2,1-4H3,(H,20,21). The molecule has 0 heterocycles. The summed E-state index contributed by atoms with van der Waals surface area (Å²) < 4.78 is 39.1. The van der Waals surface area contributed by atoms with Crippen LogP contribution in [0.2, 0.25) is 0 Å². The first-order valence-corrected chi connectivity index (χ1v) is 6.93. The monoisotopic (exact) mass is 302 g/mol. The Morgan fingerprint density at radius 2 is 1.86 bits per heavy atom. The van der Waals surface area contributed by atoms with E-state index in [-0.39, 0.29) is 23.2 Å². The van der Waals surface area contributed by atoms with Crippen molar-refractivity contribution in [2.45, 2.75) is 39.9 Å². The van der Waals surface area contributed by atoms with Gasteiger partial charge in [0.05, 0.1) is 16.8 Å². The first kappa shape index (κ1) is 17.3. The third-order valence-corrected chi connectivity index (χ3v) is 3.33. The number of amides is 1. The highest BCUT2D eigenvalue weighted by Gasteiger charge is 2.35. The fourth-order valence-corrected chi connectivity index (χ4v) is 1.80. The minimum atomic E-state index is -4.50. The maximum absolute atomic E-state index is 13.0. The van der Waals surface area contributed by atoms with Gasteiger partial charge in [0, 0.05) is 12.6 Å². The van der Waals surface area contributed by atoms with Gasteiger partial charge in [-0.05, 0) is 31.9 Å². The van der Waals surface area contributed by atoms with E-state index in [0.29, 0.717) is 6.54 Å². The molecule has 0 saturated heterocycles. The van der Waals surface area contributed by atoms with Gasteiger partial charge in [0.15, 0.2) is 0 Å². The molecule has 1 atom stereocenters. The molecule has 1 aromatic carbocycles. The van der Waals surface area contributed by atoms with Crippen LogP contribution >= 0.6 is 0 Å². The summed E-state index contributed by atoms with van der Waals surface area (Å²) in [5, 5.41) is 5.38. The van der Waals surface area contributed by atoms with Crippen molar-refractivity contribution in [1.82, 2.24) is 5.32 Å². The molecular weight excluding hydrogens is 281 g/mol. The van der Waals surface area contributed by atoms with Crippen LogP contribution in [0.1, 0.15) is 43.6 Å². The molecule has 1 aromatic rings. The molecule has 0 bridgehead atoms. The number of para-hydroxylation sites is 1. The van der Waals surface area contributed by atoms with E-state index in [9.17, 15) is 18.0 Å². The van der Waals surface area contributed by atoms with E-state index in [2.05, 4.69) is 10.6 Å². The highest BCUT2D eigenvalue weighted by molar-refractivity contribution is 6.00. The minimum Gasteiger partial charge on any atom is -0.384 e. The van der Waals surface area contributed by atoms with Crippen molar-refractivity contribution in [2.75, 3.05) is 11.9 Å². The zero-order chi connectivity index (χ0) is 16.2. The molecule has 2 N–H and O–H groups in total. The molecule has 0 spiro atoms.